The van der Waals surface area contributed by atoms with Crippen LogP contribution in [0.2, 0.25) is 0 Å². The van der Waals surface area contributed by atoms with Crippen LogP contribution >= 0.6 is 0 Å². The molecule has 28 heavy (non-hydrogen) atoms. The molecule has 1 aliphatic heterocycles. The number of aromatic nitrogens is 2. The van der Waals surface area contributed by atoms with Crippen LogP contribution < -0.4 is 15.8 Å². The average molecular weight is 374 g/mol. The first-order valence-corrected chi connectivity index (χ1v) is 8.68. The highest BCUT2D eigenvalue weighted by Crippen LogP contribution is 2.29. The molecule has 0 atom stereocenters. The predicted octanol–water partition coefficient (Wildman–Crippen LogP) is 2.13. The number of benzene rings is 2. The fourth-order valence-electron chi connectivity index (χ4n) is 3.41. The summed E-state index contributed by atoms with van der Waals surface area (Å²) >= 11 is 0. The summed E-state index contributed by atoms with van der Waals surface area (Å²) in [6.07, 6.45) is 1.33. The molecule has 0 unspecified atom stereocenters. The third kappa shape index (κ3) is 2.46. The van der Waals surface area contributed by atoms with E-state index in [9.17, 15) is 14.4 Å². The van der Waals surface area contributed by atoms with Gasteiger partial charge in [-0.2, -0.15) is 0 Å². The Balaban J connectivity index is 1.53. The minimum Gasteiger partial charge on any atom is -0.448 e. The number of anilines is 2. The fraction of sp³-hybridized carbons (Fsp3) is 0.100. The molecule has 0 saturated carbocycles. The molecule has 0 saturated heterocycles. The molecule has 0 spiro atoms. The van der Waals surface area contributed by atoms with Gasteiger partial charge in [0, 0.05) is 5.39 Å². The van der Waals surface area contributed by atoms with Gasteiger partial charge >= 0.3 is 0 Å². The van der Waals surface area contributed by atoms with Crippen molar-refractivity contribution >= 4 is 45.3 Å². The van der Waals surface area contributed by atoms with E-state index in [4.69, 9.17) is 4.42 Å². The zero-order valence-electron chi connectivity index (χ0n) is 14.6. The molecule has 3 heterocycles. The van der Waals surface area contributed by atoms with Crippen molar-refractivity contribution in [1.29, 1.82) is 0 Å². The lowest BCUT2D eigenvalue weighted by Crippen LogP contribution is -2.44. The van der Waals surface area contributed by atoms with Gasteiger partial charge in [-0.25, -0.2) is 4.98 Å². The highest BCUT2D eigenvalue weighted by Gasteiger charge is 2.27. The van der Waals surface area contributed by atoms with Gasteiger partial charge in [0.2, 0.25) is 17.4 Å². The van der Waals surface area contributed by atoms with Crippen molar-refractivity contribution in [2.24, 2.45) is 0 Å². The van der Waals surface area contributed by atoms with Crippen LogP contribution in [-0.2, 0) is 16.1 Å². The lowest BCUT2D eigenvalue weighted by molar-refractivity contribution is -0.122. The van der Waals surface area contributed by atoms with Gasteiger partial charge in [0.25, 0.3) is 5.56 Å². The van der Waals surface area contributed by atoms with Crippen LogP contribution in [0.15, 0.2) is 64.1 Å². The van der Waals surface area contributed by atoms with Crippen LogP contribution in [0.5, 0.6) is 0 Å². The number of carbonyl (C=O) groups is 2. The molecule has 0 bridgehead atoms. The number of para-hydroxylation sites is 3. The molecular formula is C20H14N4O4. The zero-order valence-corrected chi connectivity index (χ0v) is 14.6. The molecule has 4 aromatic rings. The van der Waals surface area contributed by atoms with Crippen LogP contribution in [0.4, 0.5) is 11.4 Å². The molecule has 8 heteroatoms. The summed E-state index contributed by atoms with van der Waals surface area (Å²) in [6, 6.07) is 14.3. The largest absolute Gasteiger partial charge is 0.448 e. The van der Waals surface area contributed by atoms with Gasteiger partial charge in [0.05, 0.1) is 17.7 Å². The van der Waals surface area contributed by atoms with Crippen molar-refractivity contribution in [1.82, 2.24) is 9.55 Å². The van der Waals surface area contributed by atoms with Crippen LogP contribution in [0.3, 0.4) is 0 Å². The van der Waals surface area contributed by atoms with Gasteiger partial charge in [-0.1, -0.05) is 24.3 Å². The SMILES string of the molecule is O=C1CN(C(=O)Cn2cnc3c(oc4ccccc43)c2=O)c2ccccc2N1. The van der Waals surface area contributed by atoms with Crippen molar-refractivity contribution in [3.05, 3.63) is 65.2 Å². The lowest BCUT2D eigenvalue weighted by Gasteiger charge is -2.29. The Morgan fingerprint density at radius 3 is 2.79 bits per heavy atom. The third-order valence-corrected chi connectivity index (χ3v) is 4.73. The normalized spacial score (nSPS) is 13.6. The number of nitrogens with one attached hydrogen (secondary N) is 1. The van der Waals surface area contributed by atoms with E-state index < -0.39 is 5.56 Å². The second kappa shape index (κ2) is 6.05. The zero-order chi connectivity index (χ0) is 19.3. The van der Waals surface area contributed by atoms with Crippen LogP contribution in [0.25, 0.3) is 22.1 Å². The molecule has 2 aromatic carbocycles. The average Bonchev–Trinajstić information content (AvgIpc) is 3.09. The standard InChI is InChI=1S/C20H14N4O4/c25-16-9-24(14-7-3-2-6-13(14)22-16)17(26)10-23-11-21-18-12-5-1-4-8-15(12)28-19(18)20(23)27/h1-8,11H,9-10H2,(H,22,25). The van der Waals surface area contributed by atoms with Crippen LogP contribution in [0.1, 0.15) is 0 Å². The summed E-state index contributed by atoms with van der Waals surface area (Å²) in [7, 11) is 0. The Bertz CT molecular complexity index is 1320. The number of nitrogens with zero attached hydrogens (tertiary/aromatic N) is 3. The third-order valence-electron chi connectivity index (χ3n) is 4.73. The van der Waals surface area contributed by atoms with Gasteiger partial charge in [0.15, 0.2) is 0 Å². The summed E-state index contributed by atoms with van der Waals surface area (Å²) in [5, 5.41) is 3.48. The summed E-state index contributed by atoms with van der Waals surface area (Å²) in [6.45, 7) is -0.356. The number of amides is 2. The molecule has 2 amide bonds. The lowest BCUT2D eigenvalue weighted by atomic mass is 10.2. The summed E-state index contributed by atoms with van der Waals surface area (Å²) in [4.78, 5) is 43.3. The Hall–Kier alpha value is -3.94. The monoisotopic (exact) mass is 374 g/mol. The highest BCUT2D eigenvalue weighted by molar-refractivity contribution is 6.10. The number of hydrogen-bond donors (Lipinski definition) is 1. The maximum absolute atomic E-state index is 12.9. The highest BCUT2D eigenvalue weighted by atomic mass is 16.3. The Morgan fingerprint density at radius 2 is 1.89 bits per heavy atom. The van der Waals surface area contributed by atoms with E-state index >= 15 is 0 Å². The molecule has 1 aliphatic rings. The molecule has 2 aromatic heterocycles. The van der Waals surface area contributed by atoms with Gasteiger partial charge in [-0.3, -0.25) is 23.9 Å². The second-order valence-electron chi connectivity index (χ2n) is 6.50. The van der Waals surface area contributed by atoms with Gasteiger partial charge in [-0.15, -0.1) is 0 Å². The minimum absolute atomic E-state index is 0.105. The maximum atomic E-state index is 12.9. The van der Waals surface area contributed by atoms with Crippen molar-refractivity contribution in [3.8, 4) is 0 Å². The van der Waals surface area contributed by atoms with Crippen molar-refractivity contribution in [3.63, 3.8) is 0 Å². The first-order chi connectivity index (χ1) is 13.6. The topological polar surface area (TPSA) is 97.4 Å². The van der Waals surface area contributed by atoms with E-state index in [2.05, 4.69) is 10.3 Å². The fourth-order valence-corrected chi connectivity index (χ4v) is 3.41. The Morgan fingerprint density at radius 1 is 1.11 bits per heavy atom. The minimum atomic E-state index is -0.440. The van der Waals surface area contributed by atoms with Crippen molar-refractivity contribution in [2.75, 3.05) is 16.8 Å². The van der Waals surface area contributed by atoms with E-state index in [-0.39, 0.29) is 30.5 Å². The number of rotatable bonds is 2. The molecule has 138 valence electrons. The van der Waals surface area contributed by atoms with Gasteiger partial charge in [0.1, 0.15) is 24.2 Å². The predicted molar refractivity (Wildman–Crippen MR) is 103 cm³/mol. The molecule has 0 fully saturated rings. The van der Waals surface area contributed by atoms with Gasteiger partial charge in [-0.05, 0) is 24.3 Å². The van der Waals surface area contributed by atoms with Crippen molar-refractivity contribution < 1.29 is 14.0 Å². The second-order valence-corrected chi connectivity index (χ2v) is 6.50. The molecule has 8 nitrogen and oxygen atoms in total. The number of hydrogen-bond acceptors (Lipinski definition) is 5. The molecule has 1 N–H and O–H groups in total. The van der Waals surface area contributed by atoms with E-state index in [1.807, 2.05) is 18.2 Å². The Kier molecular flexibility index (Phi) is 3.51. The summed E-state index contributed by atoms with van der Waals surface area (Å²) in [5.74, 6) is -0.674. The van der Waals surface area contributed by atoms with E-state index in [1.54, 1.807) is 30.3 Å². The number of furan rings is 1. The van der Waals surface area contributed by atoms with E-state index in [0.717, 1.165) is 5.39 Å². The number of carbonyl (C=O) groups excluding carboxylic acids is 2. The van der Waals surface area contributed by atoms with E-state index in [0.29, 0.717) is 22.5 Å². The van der Waals surface area contributed by atoms with E-state index in [1.165, 1.54) is 15.8 Å². The summed E-state index contributed by atoms with van der Waals surface area (Å²) in [5.41, 5.74) is 1.85. The maximum Gasteiger partial charge on any atom is 0.297 e. The molecule has 0 radical (unpaired) electrons. The molecule has 5 rings (SSSR count). The molecular weight excluding hydrogens is 360 g/mol. The smallest absolute Gasteiger partial charge is 0.297 e. The molecule has 0 aliphatic carbocycles. The first-order valence-electron chi connectivity index (χ1n) is 8.68. The van der Waals surface area contributed by atoms with Crippen LogP contribution in [0, 0.1) is 0 Å². The first kappa shape index (κ1) is 16.2. The van der Waals surface area contributed by atoms with Gasteiger partial charge < -0.3 is 9.73 Å². The summed E-state index contributed by atoms with van der Waals surface area (Å²) < 4.78 is 6.84. The number of fused-ring (bicyclic) bond motifs is 4. The quantitative estimate of drug-likeness (QED) is 0.580. The van der Waals surface area contributed by atoms with Crippen molar-refractivity contribution in [2.45, 2.75) is 6.54 Å². The Labute approximate surface area is 158 Å². The van der Waals surface area contributed by atoms with Crippen LogP contribution in [-0.4, -0.2) is 27.9 Å².